The maximum Gasteiger partial charge on any atom is 0.220 e. The molecule has 0 saturated heterocycles. The number of amides is 1. The molecule has 0 heterocycles. The van der Waals surface area contributed by atoms with E-state index in [4.69, 9.17) is 14.6 Å². The highest BCUT2D eigenvalue weighted by Gasteiger charge is 2.13. The molecule has 176 valence electrons. The number of hydrogen-bond acceptors (Lipinski definition) is 5. The lowest BCUT2D eigenvalue weighted by molar-refractivity contribution is -0.124. The van der Waals surface area contributed by atoms with Gasteiger partial charge in [0, 0.05) is 39.9 Å². The molecule has 1 saturated carbocycles. The summed E-state index contributed by atoms with van der Waals surface area (Å²) in [6.07, 6.45) is 9.21. The minimum absolute atomic E-state index is 0. The highest BCUT2D eigenvalue weighted by Crippen LogP contribution is 2.20. The summed E-state index contributed by atoms with van der Waals surface area (Å²) in [6.45, 7) is 12.1. The number of carbonyl (C=O) groups excluding carboxylic acids is 2. The zero-order chi connectivity index (χ0) is 22.3. The smallest absolute Gasteiger partial charge is 0.220 e. The molecular weight excluding hydrogens is 370 g/mol. The van der Waals surface area contributed by atoms with Crippen molar-refractivity contribution in [1.29, 1.82) is 0 Å². The number of ketones is 1. The first kappa shape index (κ1) is 30.2. The van der Waals surface area contributed by atoms with Gasteiger partial charge in [-0.05, 0) is 25.7 Å². The highest BCUT2D eigenvalue weighted by atomic mass is 16.5. The molecule has 0 aliphatic heterocycles. The van der Waals surface area contributed by atoms with Gasteiger partial charge in [-0.1, -0.05) is 53.9 Å². The minimum Gasteiger partial charge on any atom is -0.396 e. The molecule has 0 unspecified atom stereocenters. The summed E-state index contributed by atoms with van der Waals surface area (Å²) < 4.78 is 11.1. The Labute approximate surface area is 180 Å². The predicted molar refractivity (Wildman–Crippen MR) is 121 cm³/mol. The number of aliphatic hydroxyl groups excluding tert-OH is 1. The van der Waals surface area contributed by atoms with Crippen LogP contribution in [0, 0.1) is 5.92 Å². The van der Waals surface area contributed by atoms with Gasteiger partial charge in [0.2, 0.25) is 5.91 Å². The van der Waals surface area contributed by atoms with Gasteiger partial charge in [0.15, 0.2) is 0 Å². The molecule has 0 aromatic rings. The summed E-state index contributed by atoms with van der Waals surface area (Å²) in [7, 11) is 0. The maximum atomic E-state index is 11.6. The Morgan fingerprint density at radius 1 is 1.07 bits per heavy atom. The topological polar surface area (TPSA) is 84.9 Å². The van der Waals surface area contributed by atoms with Crippen LogP contribution >= 0.6 is 0 Å². The minimum atomic E-state index is 0. The van der Waals surface area contributed by atoms with Crippen LogP contribution in [0.3, 0.4) is 0 Å². The molecule has 0 spiro atoms. The fourth-order valence-electron chi connectivity index (χ4n) is 2.63. The number of Topliss-reactive ketones (excluding diaryl/α,β-unsaturated/α-hetero) is 1. The Morgan fingerprint density at radius 3 is 2.24 bits per heavy atom. The van der Waals surface area contributed by atoms with Gasteiger partial charge < -0.3 is 19.9 Å². The molecule has 6 heteroatoms. The highest BCUT2D eigenvalue weighted by molar-refractivity contribution is 5.80. The van der Waals surface area contributed by atoms with Crippen LogP contribution in [0.15, 0.2) is 0 Å². The summed E-state index contributed by atoms with van der Waals surface area (Å²) in [5.41, 5.74) is 0. The average molecular weight is 420 g/mol. The molecule has 2 N–H and O–H groups in total. The lowest BCUT2D eigenvalue weighted by Crippen LogP contribution is -2.27. The van der Waals surface area contributed by atoms with E-state index in [0.717, 1.165) is 12.8 Å². The van der Waals surface area contributed by atoms with Gasteiger partial charge in [-0.2, -0.15) is 0 Å². The molecule has 29 heavy (non-hydrogen) atoms. The zero-order valence-corrected chi connectivity index (χ0v) is 19.6. The average Bonchev–Trinajstić information content (AvgIpc) is 2.75. The van der Waals surface area contributed by atoms with E-state index in [1.54, 1.807) is 0 Å². The SMILES string of the molecule is CC.CC(C)C(=O)CCOCCNC(=O)CCCOC1CCCCC1.CCCO.[HH]. The first-order chi connectivity index (χ1) is 14.0. The zero-order valence-electron chi connectivity index (χ0n) is 19.6. The van der Waals surface area contributed by atoms with Crippen molar-refractivity contribution in [3.8, 4) is 0 Å². The second-order valence-corrected chi connectivity index (χ2v) is 7.29. The number of ether oxygens (including phenoxy) is 2. The molecule has 0 bridgehead atoms. The molecule has 1 aliphatic carbocycles. The van der Waals surface area contributed by atoms with Gasteiger partial charge in [-0.3, -0.25) is 9.59 Å². The Bertz CT molecular complexity index is 373. The Balaban J connectivity index is -0.000000928. The molecule has 0 radical (unpaired) electrons. The first-order valence-corrected chi connectivity index (χ1v) is 11.6. The second-order valence-electron chi connectivity index (χ2n) is 7.29. The number of hydrogen-bond donors (Lipinski definition) is 2. The van der Waals surface area contributed by atoms with Crippen LogP contribution in [0.1, 0.15) is 93.8 Å². The number of carbonyl (C=O) groups is 2. The van der Waals surface area contributed by atoms with E-state index in [-0.39, 0.29) is 19.0 Å². The van der Waals surface area contributed by atoms with Crippen molar-refractivity contribution in [3.63, 3.8) is 0 Å². The van der Waals surface area contributed by atoms with E-state index >= 15 is 0 Å². The fraction of sp³-hybridized carbons (Fsp3) is 0.913. The van der Waals surface area contributed by atoms with Crippen LogP contribution in [-0.2, 0) is 19.1 Å². The van der Waals surface area contributed by atoms with Gasteiger partial charge >= 0.3 is 0 Å². The van der Waals surface area contributed by atoms with E-state index in [1.807, 2.05) is 34.6 Å². The van der Waals surface area contributed by atoms with E-state index in [2.05, 4.69) is 5.32 Å². The summed E-state index contributed by atoms with van der Waals surface area (Å²) in [6, 6.07) is 0. The van der Waals surface area contributed by atoms with Crippen molar-refractivity contribution in [2.24, 2.45) is 5.92 Å². The molecule has 1 fully saturated rings. The Kier molecular flexibility index (Phi) is 24.3. The van der Waals surface area contributed by atoms with Crippen LogP contribution in [0.4, 0.5) is 0 Å². The Morgan fingerprint density at radius 2 is 1.69 bits per heavy atom. The van der Waals surface area contributed by atoms with Crippen LogP contribution in [-0.4, -0.2) is 55.9 Å². The normalized spacial score (nSPS) is 13.8. The lowest BCUT2D eigenvalue weighted by Gasteiger charge is -2.21. The fourth-order valence-corrected chi connectivity index (χ4v) is 2.63. The van der Waals surface area contributed by atoms with E-state index in [1.165, 1.54) is 32.1 Å². The molecule has 1 amide bonds. The van der Waals surface area contributed by atoms with E-state index < -0.39 is 0 Å². The van der Waals surface area contributed by atoms with Crippen molar-refractivity contribution in [1.82, 2.24) is 5.32 Å². The van der Waals surface area contributed by atoms with Crippen molar-refractivity contribution in [2.45, 2.75) is 98.5 Å². The quantitative estimate of drug-likeness (QED) is 0.429. The Hall–Kier alpha value is -0.980. The largest absolute Gasteiger partial charge is 0.396 e. The lowest BCUT2D eigenvalue weighted by atomic mass is 9.98. The predicted octanol–water partition coefficient (Wildman–Crippen LogP) is 4.52. The van der Waals surface area contributed by atoms with Crippen molar-refractivity contribution >= 4 is 11.7 Å². The van der Waals surface area contributed by atoms with Crippen LogP contribution in [0.2, 0.25) is 0 Å². The molecule has 0 aromatic heterocycles. The summed E-state index contributed by atoms with van der Waals surface area (Å²) in [5, 5.41) is 10.7. The molecule has 1 rings (SSSR count). The number of rotatable bonds is 13. The van der Waals surface area contributed by atoms with Gasteiger partial charge in [0.1, 0.15) is 5.78 Å². The number of aliphatic hydroxyl groups is 1. The molecule has 0 atom stereocenters. The number of nitrogens with one attached hydrogen (secondary N) is 1. The third-order valence-corrected chi connectivity index (χ3v) is 4.38. The van der Waals surface area contributed by atoms with E-state index in [0.29, 0.717) is 51.9 Å². The van der Waals surface area contributed by atoms with Crippen molar-refractivity contribution < 1.29 is 25.6 Å². The standard InChI is InChI=1S/C18H33NO4.C3H8O.C2H6.H2/c1-15(2)17(20)10-13-22-14-11-19-18(21)9-6-12-23-16-7-4-3-5-8-16;1-2-3-4;1-2;/h15-16H,3-14H2,1-2H3,(H,19,21);4H,2-3H2,1H3;1-2H3;1H. The third-order valence-electron chi connectivity index (χ3n) is 4.38. The van der Waals surface area contributed by atoms with Gasteiger partial charge in [-0.25, -0.2) is 0 Å². The van der Waals surface area contributed by atoms with E-state index in [9.17, 15) is 9.59 Å². The van der Waals surface area contributed by atoms with Gasteiger partial charge in [0.05, 0.1) is 19.3 Å². The van der Waals surface area contributed by atoms with Gasteiger partial charge in [-0.15, -0.1) is 0 Å². The summed E-state index contributed by atoms with van der Waals surface area (Å²) >= 11 is 0. The van der Waals surface area contributed by atoms with Crippen molar-refractivity contribution in [2.75, 3.05) is 33.0 Å². The monoisotopic (exact) mass is 419 g/mol. The summed E-state index contributed by atoms with van der Waals surface area (Å²) in [5.74, 6) is 0.320. The third kappa shape index (κ3) is 21.5. The maximum absolute atomic E-state index is 11.6. The molecular formula is C23H49NO5. The summed E-state index contributed by atoms with van der Waals surface area (Å²) in [4.78, 5) is 23.0. The van der Waals surface area contributed by atoms with Crippen molar-refractivity contribution in [3.05, 3.63) is 0 Å². The van der Waals surface area contributed by atoms with Crippen LogP contribution in [0.5, 0.6) is 0 Å². The van der Waals surface area contributed by atoms with Gasteiger partial charge in [0.25, 0.3) is 0 Å². The van der Waals surface area contributed by atoms with Crippen LogP contribution < -0.4 is 5.32 Å². The molecule has 0 aromatic carbocycles. The second kappa shape index (κ2) is 23.3. The van der Waals surface area contributed by atoms with Crippen LogP contribution in [0.25, 0.3) is 0 Å². The first-order valence-electron chi connectivity index (χ1n) is 11.6. The molecule has 6 nitrogen and oxygen atoms in total. The molecule has 1 aliphatic rings.